The minimum atomic E-state index is -0.335. The first-order chi connectivity index (χ1) is 16.1. The van der Waals surface area contributed by atoms with Gasteiger partial charge in [-0.1, -0.05) is 12.1 Å². The Hall–Kier alpha value is -3.04. The molecular weight excluding hydrogens is 429 g/mol. The third-order valence-corrected chi connectivity index (χ3v) is 7.38. The molecule has 0 N–H and O–H groups in total. The molecule has 0 atom stereocenters. The van der Waals surface area contributed by atoms with E-state index in [1.165, 1.54) is 10.4 Å². The maximum Gasteiger partial charge on any atom is 0.494 e. The van der Waals surface area contributed by atoms with Gasteiger partial charge in [-0.05, 0) is 69.6 Å². The lowest BCUT2D eigenvalue weighted by Crippen LogP contribution is -2.46. The molecule has 0 unspecified atom stereocenters. The van der Waals surface area contributed by atoms with Crippen molar-refractivity contribution in [3.05, 3.63) is 65.3 Å². The summed E-state index contributed by atoms with van der Waals surface area (Å²) >= 11 is 0. The molecule has 2 aliphatic heterocycles. The highest BCUT2D eigenvalue weighted by molar-refractivity contribution is 6.62. The molecule has 2 aliphatic rings. The van der Waals surface area contributed by atoms with E-state index < -0.39 is 0 Å². The fourth-order valence-electron chi connectivity index (χ4n) is 4.43. The first-order valence-corrected chi connectivity index (χ1v) is 11.8. The second-order valence-electron chi connectivity index (χ2n) is 10.1. The number of rotatable bonds is 4. The van der Waals surface area contributed by atoms with E-state index in [0.717, 1.165) is 43.0 Å². The zero-order valence-electron chi connectivity index (χ0n) is 20.6. The van der Waals surface area contributed by atoms with Gasteiger partial charge in [0.1, 0.15) is 6.33 Å². The van der Waals surface area contributed by atoms with E-state index in [4.69, 9.17) is 9.31 Å². The Bertz CT molecular complexity index is 1190. The van der Waals surface area contributed by atoms with E-state index in [-0.39, 0.29) is 24.0 Å². The van der Waals surface area contributed by atoms with Gasteiger partial charge < -0.3 is 19.1 Å². The highest BCUT2D eigenvalue weighted by Crippen LogP contribution is 2.36. The van der Waals surface area contributed by atoms with Crippen LogP contribution in [0.25, 0.3) is 5.69 Å². The molecular formula is C25H32BN5O3. The van der Waals surface area contributed by atoms with Crippen LogP contribution in [-0.4, -0.2) is 58.8 Å². The van der Waals surface area contributed by atoms with Gasteiger partial charge in [0.05, 0.1) is 16.9 Å². The molecule has 3 heterocycles. The molecule has 178 valence electrons. The van der Waals surface area contributed by atoms with Gasteiger partial charge in [-0.3, -0.25) is 0 Å². The lowest BCUT2D eigenvalue weighted by atomic mass is 9.79. The Morgan fingerprint density at radius 2 is 1.21 bits per heavy atom. The maximum absolute atomic E-state index is 12.1. The Balaban J connectivity index is 1.20. The molecule has 34 heavy (non-hydrogen) atoms. The molecule has 0 bridgehead atoms. The molecule has 9 heteroatoms. The average molecular weight is 461 g/mol. The SMILES string of the molecule is Cn1ncn(-c2ccc(N3CCN(c4ccc(B5OC(C)(C)C(C)(C)O5)cc4)CC3)cc2)c1=O. The van der Waals surface area contributed by atoms with Crippen molar-refractivity contribution in [2.45, 2.75) is 38.9 Å². The van der Waals surface area contributed by atoms with Gasteiger partial charge in [0.2, 0.25) is 0 Å². The predicted octanol–water partition coefficient (Wildman–Crippen LogP) is 2.20. The van der Waals surface area contributed by atoms with E-state index in [2.05, 4.69) is 79.0 Å². The zero-order valence-corrected chi connectivity index (χ0v) is 20.6. The number of aromatic nitrogens is 3. The lowest BCUT2D eigenvalue weighted by molar-refractivity contribution is 0.00578. The molecule has 2 aromatic carbocycles. The number of anilines is 2. The molecule has 2 saturated heterocycles. The van der Waals surface area contributed by atoms with Gasteiger partial charge in [-0.15, -0.1) is 0 Å². The molecule has 0 saturated carbocycles. The van der Waals surface area contributed by atoms with E-state index in [0.29, 0.717) is 0 Å². The summed E-state index contributed by atoms with van der Waals surface area (Å²) in [7, 11) is 1.32. The number of nitrogens with zero attached hydrogens (tertiary/aromatic N) is 5. The highest BCUT2D eigenvalue weighted by atomic mass is 16.7. The third kappa shape index (κ3) is 4.03. The van der Waals surface area contributed by atoms with Gasteiger partial charge in [-0.2, -0.15) is 5.10 Å². The monoisotopic (exact) mass is 461 g/mol. The Kier molecular flexibility index (Phi) is 5.57. The van der Waals surface area contributed by atoms with Crippen molar-refractivity contribution in [2.75, 3.05) is 36.0 Å². The van der Waals surface area contributed by atoms with Gasteiger partial charge in [0.25, 0.3) is 0 Å². The summed E-state index contributed by atoms with van der Waals surface area (Å²) in [5, 5.41) is 4.02. The molecule has 0 aliphatic carbocycles. The van der Waals surface area contributed by atoms with Crippen LogP contribution in [0, 0.1) is 0 Å². The van der Waals surface area contributed by atoms with Crippen molar-refractivity contribution < 1.29 is 9.31 Å². The second-order valence-corrected chi connectivity index (χ2v) is 10.1. The summed E-state index contributed by atoms with van der Waals surface area (Å²) in [6, 6.07) is 16.6. The largest absolute Gasteiger partial charge is 0.494 e. The van der Waals surface area contributed by atoms with Crippen LogP contribution in [0.1, 0.15) is 27.7 Å². The topological polar surface area (TPSA) is 64.8 Å². The van der Waals surface area contributed by atoms with Crippen molar-refractivity contribution in [1.29, 1.82) is 0 Å². The van der Waals surface area contributed by atoms with Crippen LogP contribution in [0.5, 0.6) is 0 Å². The zero-order chi connectivity index (χ0) is 24.1. The minimum absolute atomic E-state index is 0.147. The van der Waals surface area contributed by atoms with Crippen molar-refractivity contribution in [3.63, 3.8) is 0 Å². The molecule has 0 radical (unpaired) electrons. The predicted molar refractivity (Wildman–Crippen MR) is 135 cm³/mol. The van der Waals surface area contributed by atoms with Crippen LogP contribution < -0.4 is 21.0 Å². The third-order valence-electron chi connectivity index (χ3n) is 7.38. The van der Waals surface area contributed by atoms with Gasteiger partial charge >= 0.3 is 12.8 Å². The number of benzene rings is 2. The molecule has 1 aromatic heterocycles. The minimum Gasteiger partial charge on any atom is -0.399 e. The summed E-state index contributed by atoms with van der Waals surface area (Å²) < 4.78 is 15.2. The van der Waals surface area contributed by atoms with E-state index in [1.807, 2.05) is 12.1 Å². The lowest BCUT2D eigenvalue weighted by Gasteiger charge is -2.37. The molecule has 3 aromatic rings. The fraction of sp³-hybridized carbons (Fsp3) is 0.440. The fourth-order valence-corrected chi connectivity index (χ4v) is 4.43. The molecule has 0 amide bonds. The summed E-state index contributed by atoms with van der Waals surface area (Å²) in [5.41, 5.74) is 3.43. The van der Waals surface area contributed by atoms with Crippen LogP contribution in [0.4, 0.5) is 11.4 Å². The normalized spacial score (nSPS) is 19.6. The first-order valence-electron chi connectivity index (χ1n) is 11.8. The average Bonchev–Trinajstić information content (AvgIpc) is 3.27. The number of aryl methyl sites for hydroxylation is 1. The van der Waals surface area contributed by atoms with Gasteiger partial charge in [-0.25, -0.2) is 14.0 Å². The van der Waals surface area contributed by atoms with Crippen molar-refractivity contribution >= 4 is 24.0 Å². The van der Waals surface area contributed by atoms with E-state index >= 15 is 0 Å². The molecule has 8 nitrogen and oxygen atoms in total. The summed E-state index contributed by atoms with van der Waals surface area (Å²) in [4.78, 5) is 16.9. The van der Waals surface area contributed by atoms with Crippen molar-refractivity contribution in [3.8, 4) is 5.69 Å². The standard InChI is InChI=1S/C25H32BN5O3/c1-24(2)25(3,4)34-26(33-24)19-6-8-20(9-7-19)29-14-16-30(17-15-29)21-10-12-22(13-11-21)31-18-27-28(5)23(31)32/h6-13,18H,14-17H2,1-5H3. The molecule has 0 spiro atoms. The second kappa shape index (κ2) is 8.32. The maximum atomic E-state index is 12.1. The molecule has 2 fully saturated rings. The molecule has 5 rings (SSSR count). The van der Waals surface area contributed by atoms with Crippen LogP contribution in [-0.2, 0) is 16.4 Å². The van der Waals surface area contributed by atoms with Crippen LogP contribution >= 0.6 is 0 Å². The summed E-state index contributed by atoms with van der Waals surface area (Å²) in [6.07, 6.45) is 1.55. The van der Waals surface area contributed by atoms with Crippen LogP contribution in [0.2, 0.25) is 0 Å². The summed E-state index contributed by atoms with van der Waals surface area (Å²) in [5.74, 6) is 0. The van der Waals surface area contributed by atoms with Crippen molar-refractivity contribution in [1.82, 2.24) is 14.3 Å². The smallest absolute Gasteiger partial charge is 0.399 e. The first kappa shape index (κ1) is 22.7. The van der Waals surface area contributed by atoms with Crippen LogP contribution in [0.15, 0.2) is 59.7 Å². The van der Waals surface area contributed by atoms with Gasteiger partial charge in [0, 0.05) is 44.6 Å². The van der Waals surface area contributed by atoms with E-state index in [9.17, 15) is 4.79 Å². The number of piperazine rings is 1. The Morgan fingerprint density at radius 1 is 0.765 bits per heavy atom. The van der Waals surface area contributed by atoms with Crippen LogP contribution in [0.3, 0.4) is 0 Å². The number of hydrogen-bond donors (Lipinski definition) is 0. The van der Waals surface area contributed by atoms with Crippen molar-refractivity contribution in [2.24, 2.45) is 7.05 Å². The quantitative estimate of drug-likeness (QED) is 0.556. The summed E-state index contributed by atoms with van der Waals surface area (Å²) in [6.45, 7) is 12.1. The Morgan fingerprint density at radius 3 is 1.65 bits per heavy atom. The Labute approximate surface area is 200 Å². The van der Waals surface area contributed by atoms with E-state index in [1.54, 1.807) is 17.9 Å². The van der Waals surface area contributed by atoms with Gasteiger partial charge in [0.15, 0.2) is 0 Å². The number of hydrogen-bond acceptors (Lipinski definition) is 6. The highest BCUT2D eigenvalue weighted by Gasteiger charge is 2.51.